The maximum Gasteiger partial charge on any atom is 0.469 e. The Balaban J connectivity index is 4.12. The van der Waals surface area contributed by atoms with E-state index in [1.54, 1.807) is 42.5 Å². The Hall–Kier alpha value is -2.11. The number of hydrogen-bond donors (Lipinski definition) is 5. The number of carbonyl (C=O) groups is 2. The molecule has 12 heteroatoms. The summed E-state index contributed by atoms with van der Waals surface area (Å²) in [7, 11) is -4.84. The number of aliphatic hydroxyl groups is 3. The number of ether oxygens (including phenoxy) is 2. The van der Waals surface area contributed by atoms with Crippen LogP contribution in [0.25, 0.3) is 0 Å². The summed E-state index contributed by atoms with van der Waals surface area (Å²) in [5, 5.41) is 30.3. The fourth-order valence-corrected chi connectivity index (χ4v) is 6.94. The molecule has 0 saturated carbocycles. The van der Waals surface area contributed by atoms with Gasteiger partial charge < -0.3 is 34.6 Å². The zero-order valence-electron chi connectivity index (χ0n) is 37.0. The van der Waals surface area contributed by atoms with Crippen molar-refractivity contribution in [1.29, 1.82) is 0 Å². The van der Waals surface area contributed by atoms with Gasteiger partial charge in [-0.05, 0) is 25.7 Å². The van der Waals surface area contributed by atoms with Gasteiger partial charge in [-0.3, -0.25) is 14.1 Å². The Bertz CT molecular complexity index is 1150. The summed E-state index contributed by atoms with van der Waals surface area (Å²) in [5.74, 6) is -1.21. The molecule has 4 atom stereocenters. The molecule has 344 valence electrons. The van der Waals surface area contributed by atoms with E-state index in [0.717, 1.165) is 44.9 Å². The maximum atomic E-state index is 12.5. The molecule has 0 aliphatic rings. The molecule has 0 spiro atoms. The normalized spacial score (nSPS) is 14.5. The van der Waals surface area contributed by atoms with E-state index in [9.17, 15) is 29.5 Å². The van der Waals surface area contributed by atoms with E-state index in [4.69, 9.17) is 19.3 Å². The highest BCUT2D eigenvalue weighted by Crippen LogP contribution is 2.36. The number of unbranched alkanes of at least 4 members (excludes halogenated alkanes) is 22. The lowest BCUT2D eigenvalue weighted by molar-refractivity contribution is -0.161. The Morgan fingerprint density at radius 2 is 0.932 bits per heavy atom. The van der Waals surface area contributed by atoms with Crippen LogP contribution >= 0.6 is 7.82 Å². The molecule has 0 rings (SSSR count). The van der Waals surface area contributed by atoms with Crippen molar-refractivity contribution in [1.82, 2.24) is 0 Å². The lowest BCUT2D eigenvalue weighted by Crippen LogP contribution is -2.29. The SMILES string of the molecule is CCCCCCCCCCCCCCCCCCCCCCCC(=O)O[C@H](COC(=O)CCC[C@@H](O)[C@H](O)/C=C/C=C/C=C\C=C\[C@H](O)CCCCC)COP(=O)(O)O. The number of hydrogen-bond acceptors (Lipinski definition) is 9. The second-order valence-electron chi connectivity index (χ2n) is 16.0. The van der Waals surface area contributed by atoms with Crippen LogP contribution in [0.5, 0.6) is 0 Å². The fourth-order valence-electron chi connectivity index (χ4n) is 6.58. The summed E-state index contributed by atoms with van der Waals surface area (Å²) >= 11 is 0. The Kier molecular flexibility index (Phi) is 39.8. The van der Waals surface area contributed by atoms with Crippen molar-refractivity contribution < 1.29 is 53.3 Å². The standard InChI is InChI=1S/C47H85O11P/c1-3-5-7-8-9-10-11-12-13-14-15-16-17-18-19-20-21-22-23-28-32-38-47(52)58-43(41-57-59(53,54)55)40-56-46(51)39-33-37-45(50)44(49)36-31-27-25-24-26-30-35-42(48)34-29-6-4-2/h24-27,30-31,35-36,42-45,48-50H,3-23,28-29,32-34,37-41H2,1-2H3,(H2,53,54,55)/b26-24-,27-25+,35-30+,36-31+/t42-,43-,44-,45-/m1/s1. The van der Waals surface area contributed by atoms with E-state index in [1.807, 2.05) is 0 Å². The third kappa shape index (κ3) is 42.4. The first-order valence-corrected chi connectivity index (χ1v) is 24.8. The summed E-state index contributed by atoms with van der Waals surface area (Å²) in [6, 6.07) is 0. The van der Waals surface area contributed by atoms with Crippen molar-refractivity contribution in [2.75, 3.05) is 13.2 Å². The van der Waals surface area contributed by atoms with Gasteiger partial charge in [-0.25, -0.2) is 4.57 Å². The van der Waals surface area contributed by atoms with Gasteiger partial charge in [0.1, 0.15) is 6.61 Å². The van der Waals surface area contributed by atoms with Crippen molar-refractivity contribution in [2.45, 2.75) is 224 Å². The second kappa shape index (κ2) is 41.3. The molecule has 0 aliphatic heterocycles. The van der Waals surface area contributed by atoms with E-state index >= 15 is 0 Å². The molecule has 0 aromatic heterocycles. The first-order chi connectivity index (χ1) is 28.5. The van der Waals surface area contributed by atoms with Crippen molar-refractivity contribution in [3.05, 3.63) is 48.6 Å². The molecule has 0 aliphatic carbocycles. The number of esters is 2. The average Bonchev–Trinajstić information content (AvgIpc) is 3.20. The fraction of sp³-hybridized carbons (Fsp3) is 0.787. The Morgan fingerprint density at radius 1 is 0.508 bits per heavy atom. The minimum Gasteiger partial charge on any atom is -0.462 e. The predicted molar refractivity (Wildman–Crippen MR) is 239 cm³/mol. The lowest BCUT2D eigenvalue weighted by atomic mass is 10.0. The first-order valence-electron chi connectivity index (χ1n) is 23.3. The number of carbonyl (C=O) groups excluding carboxylic acids is 2. The van der Waals surface area contributed by atoms with Gasteiger partial charge in [0.05, 0.1) is 24.9 Å². The topological polar surface area (TPSA) is 180 Å². The number of phosphoric ester groups is 1. The highest BCUT2D eigenvalue weighted by molar-refractivity contribution is 7.46. The third-order valence-corrected chi connectivity index (χ3v) is 10.7. The molecular weight excluding hydrogens is 771 g/mol. The number of aliphatic hydroxyl groups excluding tert-OH is 3. The first kappa shape index (κ1) is 56.9. The molecule has 5 N–H and O–H groups in total. The van der Waals surface area contributed by atoms with Gasteiger partial charge in [-0.1, -0.05) is 210 Å². The molecule has 11 nitrogen and oxygen atoms in total. The van der Waals surface area contributed by atoms with Crippen molar-refractivity contribution in [2.24, 2.45) is 0 Å². The minimum absolute atomic E-state index is 0.0849. The predicted octanol–water partition coefficient (Wildman–Crippen LogP) is 11.2. The van der Waals surface area contributed by atoms with Gasteiger partial charge >= 0.3 is 19.8 Å². The second-order valence-corrected chi connectivity index (χ2v) is 17.2. The molecular formula is C47H85O11P. The lowest BCUT2D eigenvalue weighted by Gasteiger charge is -2.18. The molecule has 0 bridgehead atoms. The largest absolute Gasteiger partial charge is 0.469 e. The third-order valence-electron chi connectivity index (χ3n) is 10.2. The van der Waals surface area contributed by atoms with Gasteiger partial charge in [-0.2, -0.15) is 0 Å². The molecule has 0 amide bonds. The smallest absolute Gasteiger partial charge is 0.462 e. The van der Waals surface area contributed by atoms with Crippen LogP contribution in [-0.4, -0.2) is 74.7 Å². The van der Waals surface area contributed by atoms with Crippen LogP contribution < -0.4 is 0 Å². The molecule has 0 heterocycles. The van der Waals surface area contributed by atoms with Crippen molar-refractivity contribution in [3.63, 3.8) is 0 Å². The Morgan fingerprint density at radius 3 is 1.42 bits per heavy atom. The molecule has 0 saturated heterocycles. The van der Waals surface area contributed by atoms with Crippen LogP contribution in [-0.2, 0) is 28.2 Å². The van der Waals surface area contributed by atoms with E-state index in [-0.39, 0.29) is 25.7 Å². The molecule has 0 fully saturated rings. The summed E-state index contributed by atoms with van der Waals surface area (Å²) in [6.07, 6.45) is 40.6. The number of rotatable bonds is 42. The summed E-state index contributed by atoms with van der Waals surface area (Å²) < 4.78 is 26.3. The van der Waals surface area contributed by atoms with Gasteiger partial charge in [0.2, 0.25) is 0 Å². The van der Waals surface area contributed by atoms with Crippen LogP contribution in [0.1, 0.15) is 200 Å². The molecule has 59 heavy (non-hydrogen) atoms. The van der Waals surface area contributed by atoms with Gasteiger partial charge in [0.15, 0.2) is 6.10 Å². The van der Waals surface area contributed by atoms with Crippen molar-refractivity contribution in [3.8, 4) is 0 Å². The van der Waals surface area contributed by atoms with Crippen LogP contribution in [0.4, 0.5) is 0 Å². The molecule has 0 radical (unpaired) electrons. The molecule has 0 aromatic carbocycles. The van der Waals surface area contributed by atoms with E-state index < -0.39 is 57.4 Å². The number of phosphoric acid groups is 1. The van der Waals surface area contributed by atoms with Gasteiger partial charge in [-0.15, -0.1) is 0 Å². The van der Waals surface area contributed by atoms with Gasteiger partial charge in [0.25, 0.3) is 0 Å². The van der Waals surface area contributed by atoms with E-state index in [1.165, 1.54) is 115 Å². The minimum atomic E-state index is -4.84. The van der Waals surface area contributed by atoms with Crippen LogP contribution in [0.2, 0.25) is 0 Å². The molecule has 0 aromatic rings. The highest BCUT2D eigenvalue weighted by atomic mass is 31.2. The van der Waals surface area contributed by atoms with E-state index in [2.05, 4.69) is 18.4 Å². The van der Waals surface area contributed by atoms with Crippen LogP contribution in [0, 0.1) is 0 Å². The monoisotopic (exact) mass is 857 g/mol. The zero-order chi connectivity index (χ0) is 43.7. The highest BCUT2D eigenvalue weighted by Gasteiger charge is 2.23. The van der Waals surface area contributed by atoms with Crippen LogP contribution in [0.15, 0.2) is 48.6 Å². The quantitative estimate of drug-likeness (QED) is 0.0171. The van der Waals surface area contributed by atoms with Crippen molar-refractivity contribution >= 4 is 19.8 Å². The van der Waals surface area contributed by atoms with Crippen LogP contribution in [0.3, 0.4) is 0 Å². The Labute approximate surface area is 358 Å². The zero-order valence-corrected chi connectivity index (χ0v) is 37.9. The summed E-state index contributed by atoms with van der Waals surface area (Å²) in [5.41, 5.74) is 0. The average molecular weight is 857 g/mol. The maximum absolute atomic E-state index is 12.5. The van der Waals surface area contributed by atoms with E-state index in [0.29, 0.717) is 6.42 Å². The van der Waals surface area contributed by atoms with Gasteiger partial charge in [0, 0.05) is 12.8 Å². The summed E-state index contributed by atoms with van der Waals surface area (Å²) in [4.78, 5) is 43.0. The molecule has 0 unspecified atom stereocenters. The number of allylic oxidation sites excluding steroid dienone is 6. The summed E-state index contributed by atoms with van der Waals surface area (Å²) in [6.45, 7) is 3.31.